The summed E-state index contributed by atoms with van der Waals surface area (Å²) in [6, 6.07) is 0. The quantitative estimate of drug-likeness (QED) is 0.655. The Morgan fingerprint density at radius 3 is 3.00 bits per heavy atom. The summed E-state index contributed by atoms with van der Waals surface area (Å²) in [5.74, 6) is 0.621. The van der Waals surface area contributed by atoms with Crippen LogP contribution in [0.5, 0.6) is 0 Å². The van der Waals surface area contributed by atoms with E-state index in [2.05, 4.69) is 30.8 Å². The van der Waals surface area contributed by atoms with Gasteiger partial charge in [-0.05, 0) is 22.6 Å². The predicted octanol–water partition coefficient (Wildman–Crippen LogP) is 0.0932. The number of nitrogens with one attached hydrogen (secondary N) is 2. The van der Waals surface area contributed by atoms with Crippen LogP contribution in [-0.2, 0) is 0 Å². The van der Waals surface area contributed by atoms with Gasteiger partial charge in [0, 0.05) is 11.8 Å². The third kappa shape index (κ3) is 1.36. The van der Waals surface area contributed by atoms with E-state index in [-0.39, 0.29) is 0 Å². The molecule has 0 bridgehead atoms. The maximum absolute atomic E-state index is 3.78. The lowest BCUT2D eigenvalue weighted by Crippen LogP contribution is -1.73. The fraction of sp³-hybridized carbons (Fsp3) is 0. The molecule has 60 valence electrons. The summed E-state index contributed by atoms with van der Waals surface area (Å²) in [6.07, 6.45) is 7.11. The molecule has 0 amide bonds. The highest BCUT2D eigenvalue weighted by Gasteiger charge is 1.89. The van der Waals surface area contributed by atoms with Gasteiger partial charge in [0.2, 0.25) is 0 Å². The average molecular weight is 162 g/mol. The lowest BCUT2D eigenvalue weighted by atomic mass is 10.3. The molecule has 0 atom stereocenters. The van der Waals surface area contributed by atoms with Crippen LogP contribution in [0.4, 0.5) is 0 Å². The molecule has 6 heteroatoms. The van der Waals surface area contributed by atoms with Crippen molar-refractivity contribution in [2.75, 3.05) is 0 Å². The van der Waals surface area contributed by atoms with Gasteiger partial charge in [-0.15, -0.1) is 5.10 Å². The monoisotopic (exact) mass is 162 g/mol. The third-order valence-electron chi connectivity index (χ3n) is 1.31. The van der Waals surface area contributed by atoms with Gasteiger partial charge in [-0.25, -0.2) is 5.10 Å². The van der Waals surface area contributed by atoms with Crippen molar-refractivity contribution < 1.29 is 0 Å². The second-order valence-electron chi connectivity index (χ2n) is 2.15. The van der Waals surface area contributed by atoms with Gasteiger partial charge < -0.3 is 0 Å². The highest BCUT2D eigenvalue weighted by Crippen LogP contribution is 1.99. The van der Waals surface area contributed by atoms with Crippen LogP contribution in [0.25, 0.3) is 12.2 Å². The molecule has 2 rings (SSSR count). The number of H-pyrrole nitrogens is 2. The van der Waals surface area contributed by atoms with Crippen LogP contribution in [0.1, 0.15) is 11.4 Å². The minimum Gasteiger partial charge on any atom is -0.285 e. The zero-order valence-electron chi connectivity index (χ0n) is 6.10. The molecule has 0 spiro atoms. The standard InChI is InChI=1S/C6H6N6/c1(5-3-7-8-4-5)2-6-9-11-12-10-6/h1-4H,(H,7,8)(H,9,10,11,12)/b2-1+. The second-order valence-corrected chi connectivity index (χ2v) is 2.15. The van der Waals surface area contributed by atoms with E-state index in [1.165, 1.54) is 0 Å². The van der Waals surface area contributed by atoms with Crippen LogP contribution in [0.2, 0.25) is 0 Å². The summed E-state index contributed by atoms with van der Waals surface area (Å²) in [6.45, 7) is 0. The van der Waals surface area contributed by atoms with Crippen LogP contribution in [0.15, 0.2) is 12.4 Å². The topological polar surface area (TPSA) is 83.1 Å². The molecule has 2 N–H and O–H groups in total. The Labute approximate surface area is 67.7 Å². The van der Waals surface area contributed by atoms with E-state index < -0.39 is 0 Å². The number of rotatable bonds is 2. The van der Waals surface area contributed by atoms with Crippen molar-refractivity contribution in [2.45, 2.75) is 0 Å². The SMILES string of the molecule is C(=C\c1nnn[nH]1)/c1cn[nH]c1. The van der Waals surface area contributed by atoms with E-state index in [9.17, 15) is 0 Å². The van der Waals surface area contributed by atoms with Gasteiger partial charge in [0.05, 0.1) is 6.20 Å². The fourth-order valence-corrected chi connectivity index (χ4v) is 0.764. The Morgan fingerprint density at radius 1 is 1.33 bits per heavy atom. The molecule has 2 aromatic heterocycles. The van der Waals surface area contributed by atoms with Crippen molar-refractivity contribution in [3.05, 3.63) is 23.8 Å². The van der Waals surface area contributed by atoms with E-state index in [4.69, 9.17) is 0 Å². The molecule has 0 aromatic carbocycles. The molecule has 0 aliphatic carbocycles. The Bertz CT molecular complexity index is 309. The number of hydrogen-bond acceptors (Lipinski definition) is 4. The second kappa shape index (κ2) is 2.95. The molecule has 12 heavy (non-hydrogen) atoms. The lowest BCUT2D eigenvalue weighted by Gasteiger charge is -1.79. The van der Waals surface area contributed by atoms with E-state index >= 15 is 0 Å². The van der Waals surface area contributed by atoms with Gasteiger partial charge in [0.1, 0.15) is 0 Å². The Kier molecular flexibility index (Phi) is 1.65. The maximum Gasteiger partial charge on any atom is 0.172 e. The summed E-state index contributed by atoms with van der Waals surface area (Å²) in [7, 11) is 0. The Hall–Kier alpha value is -1.98. The number of tetrazole rings is 1. The van der Waals surface area contributed by atoms with E-state index in [1.807, 2.05) is 6.08 Å². The highest BCUT2D eigenvalue weighted by atomic mass is 15.5. The maximum atomic E-state index is 3.78. The molecule has 0 aliphatic rings. The Balaban J connectivity index is 2.14. The number of nitrogens with zero attached hydrogens (tertiary/aromatic N) is 4. The molecule has 0 aliphatic heterocycles. The predicted molar refractivity (Wildman–Crippen MR) is 41.7 cm³/mol. The molecular formula is C6H6N6. The Morgan fingerprint density at radius 2 is 2.33 bits per heavy atom. The minimum absolute atomic E-state index is 0.621. The van der Waals surface area contributed by atoms with Gasteiger partial charge in [-0.1, -0.05) is 0 Å². The van der Waals surface area contributed by atoms with Gasteiger partial charge in [-0.3, -0.25) is 5.10 Å². The molecule has 0 radical (unpaired) electrons. The summed E-state index contributed by atoms with van der Waals surface area (Å²) < 4.78 is 0. The molecule has 0 saturated carbocycles. The first kappa shape index (κ1) is 6.71. The summed E-state index contributed by atoms with van der Waals surface area (Å²) in [5, 5.41) is 19.6. The molecule has 0 fully saturated rings. The lowest BCUT2D eigenvalue weighted by molar-refractivity contribution is 0.881. The van der Waals surface area contributed by atoms with Crippen molar-refractivity contribution in [3.8, 4) is 0 Å². The summed E-state index contributed by atoms with van der Waals surface area (Å²) >= 11 is 0. The molecule has 6 nitrogen and oxygen atoms in total. The summed E-state index contributed by atoms with van der Waals surface area (Å²) in [4.78, 5) is 0. The zero-order valence-corrected chi connectivity index (χ0v) is 6.10. The minimum atomic E-state index is 0.621. The molecular weight excluding hydrogens is 156 g/mol. The first-order valence-corrected chi connectivity index (χ1v) is 3.36. The van der Waals surface area contributed by atoms with Gasteiger partial charge >= 0.3 is 0 Å². The zero-order chi connectivity index (χ0) is 8.23. The molecule has 2 aromatic rings. The third-order valence-corrected chi connectivity index (χ3v) is 1.31. The molecule has 0 unspecified atom stereocenters. The van der Waals surface area contributed by atoms with Gasteiger partial charge in [0.25, 0.3) is 0 Å². The van der Waals surface area contributed by atoms with Gasteiger partial charge in [-0.2, -0.15) is 5.10 Å². The van der Waals surface area contributed by atoms with E-state index in [0.717, 1.165) is 5.56 Å². The number of aromatic amines is 2. The first-order chi connectivity index (χ1) is 5.95. The average Bonchev–Trinajstić information content (AvgIpc) is 2.74. The largest absolute Gasteiger partial charge is 0.285 e. The number of hydrogen-bond donors (Lipinski definition) is 2. The fourth-order valence-electron chi connectivity index (χ4n) is 0.764. The van der Waals surface area contributed by atoms with Crippen molar-refractivity contribution in [1.29, 1.82) is 0 Å². The van der Waals surface area contributed by atoms with E-state index in [0.29, 0.717) is 5.82 Å². The normalized spacial score (nSPS) is 11.0. The highest BCUT2D eigenvalue weighted by molar-refractivity contribution is 5.65. The van der Waals surface area contributed by atoms with Crippen LogP contribution in [0, 0.1) is 0 Å². The van der Waals surface area contributed by atoms with Crippen molar-refractivity contribution in [2.24, 2.45) is 0 Å². The molecule has 2 heterocycles. The van der Waals surface area contributed by atoms with Crippen LogP contribution >= 0.6 is 0 Å². The van der Waals surface area contributed by atoms with E-state index in [1.54, 1.807) is 18.5 Å². The van der Waals surface area contributed by atoms with Crippen LogP contribution < -0.4 is 0 Å². The van der Waals surface area contributed by atoms with Gasteiger partial charge in [0.15, 0.2) is 5.82 Å². The number of aromatic nitrogens is 6. The van der Waals surface area contributed by atoms with Crippen molar-refractivity contribution >= 4 is 12.2 Å². The van der Waals surface area contributed by atoms with Crippen LogP contribution in [-0.4, -0.2) is 30.8 Å². The van der Waals surface area contributed by atoms with Crippen molar-refractivity contribution in [3.63, 3.8) is 0 Å². The summed E-state index contributed by atoms with van der Waals surface area (Å²) in [5.41, 5.74) is 0.978. The van der Waals surface area contributed by atoms with Crippen LogP contribution in [0.3, 0.4) is 0 Å². The first-order valence-electron chi connectivity index (χ1n) is 3.36. The smallest absolute Gasteiger partial charge is 0.172 e. The molecule has 0 saturated heterocycles. The van der Waals surface area contributed by atoms with Crippen molar-refractivity contribution in [1.82, 2.24) is 30.8 Å².